The smallest absolute Gasteiger partial charge is 0.872 e. The minimum atomic E-state index is -4.59. The molecule has 0 atom stereocenters. The number of unbranched alkanes of at least 4 members (excludes halogenated alkanes) is 10. The molecular weight excluding hydrogens is 745 g/mol. The molecule has 0 amide bonds. The summed E-state index contributed by atoms with van der Waals surface area (Å²) in [6.45, 7) is 4.32. The van der Waals surface area contributed by atoms with Gasteiger partial charge in [-0.3, -0.25) is 4.55 Å². The fourth-order valence-electron chi connectivity index (χ4n) is 5.57. The van der Waals surface area contributed by atoms with E-state index in [1.807, 2.05) is 0 Å². The van der Waals surface area contributed by atoms with E-state index in [1.54, 1.807) is 36.4 Å². The van der Waals surface area contributed by atoms with Gasteiger partial charge in [0.15, 0.2) is 0 Å². The van der Waals surface area contributed by atoms with Gasteiger partial charge in [0.2, 0.25) is 0 Å². The van der Waals surface area contributed by atoms with E-state index < -0.39 is 20.2 Å². The standard InChI is InChI=1S/2C20H26O5S.Ca/c2*1-2-3-4-5-6-7-8-16-9-12-19(15-20(16)26(22,23)24)25-18-13-10-17(21)11-14-18;/h2*9-15,21H,2-8H2,1H3,(H,22,23,24);/q;;+2/p-2. The minimum absolute atomic E-state index is 0. The summed E-state index contributed by atoms with van der Waals surface area (Å²) in [5, 5.41) is 20.4. The second-order valence-electron chi connectivity index (χ2n) is 12.7. The van der Waals surface area contributed by atoms with E-state index in [4.69, 9.17) is 9.47 Å². The van der Waals surface area contributed by atoms with Crippen LogP contribution in [0.4, 0.5) is 0 Å². The van der Waals surface area contributed by atoms with Gasteiger partial charge in [0.05, 0.1) is 4.90 Å². The first kappa shape index (κ1) is 46.3. The van der Waals surface area contributed by atoms with E-state index in [1.165, 1.54) is 87.1 Å². The maximum Gasteiger partial charge on any atom is 2.00 e. The largest absolute Gasteiger partial charge is 2.00 e. The van der Waals surface area contributed by atoms with Gasteiger partial charge in [-0.1, -0.05) is 102 Å². The Morgan fingerprint density at radius 2 is 0.925 bits per heavy atom. The summed E-state index contributed by atoms with van der Waals surface area (Å²) in [4.78, 5) is -0.341. The van der Waals surface area contributed by atoms with Crippen molar-refractivity contribution in [2.75, 3.05) is 0 Å². The van der Waals surface area contributed by atoms with Crippen molar-refractivity contribution in [3.63, 3.8) is 0 Å². The van der Waals surface area contributed by atoms with Crippen molar-refractivity contribution in [2.24, 2.45) is 0 Å². The molecule has 4 rings (SSSR count). The van der Waals surface area contributed by atoms with Gasteiger partial charge in [0.25, 0.3) is 10.1 Å². The molecule has 0 fully saturated rings. The maximum absolute atomic E-state index is 11.7. The molecule has 0 aromatic heterocycles. The van der Waals surface area contributed by atoms with Gasteiger partial charge in [-0.25, -0.2) is 8.42 Å². The Morgan fingerprint density at radius 3 is 1.36 bits per heavy atom. The first-order chi connectivity index (χ1) is 24.8. The fraction of sp³-hybridized carbons (Fsp3) is 0.400. The van der Waals surface area contributed by atoms with Crippen LogP contribution in [-0.2, 0) is 33.1 Å². The van der Waals surface area contributed by atoms with Gasteiger partial charge in [0, 0.05) is 6.07 Å². The molecule has 0 aliphatic rings. The number of phenolic OH excluding ortho intramolecular Hbond substituents is 1. The molecule has 0 bridgehead atoms. The number of hydrogen-bond acceptors (Lipinski definition) is 9. The van der Waals surface area contributed by atoms with Gasteiger partial charge in [-0.05, 0) is 91.4 Å². The number of benzene rings is 4. The van der Waals surface area contributed by atoms with E-state index in [-0.39, 0.29) is 64.8 Å². The molecule has 0 unspecified atom stereocenters. The predicted octanol–water partition coefficient (Wildman–Crippen LogP) is 9.31. The van der Waals surface area contributed by atoms with Crippen LogP contribution >= 0.6 is 0 Å². The molecule has 10 nitrogen and oxygen atoms in total. The summed E-state index contributed by atoms with van der Waals surface area (Å²) in [5.41, 5.74) is 1.12. The molecule has 13 heteroatoms. The molecular formula is C40H50CaO10S2. The van der Waals surface area contributed by atoms with Crippen LogP contribution in [-0.4, -0.2) is 68.8 Å². The van der Waals surface area contributed by atoms with Gasteiger partial charge < -0.3 is 24.2 Å². The third-order valence-electron chi connectivity index (χ3n) is 8.36. The molecule has 0 saturated heterocycles. The topological polar surface area (TPSA) is 173 Å². The summed E-state index contributed by atoms with van der Waals surface area (Å²) >= 11 is 0. The van der Waals surface area contributed by atoms with Crippen molar-refractivity contribution >= 4 is 58.0 Å². The average Bonchev–Trinajstić information content (AvgIpc) is 3.10. The Labute approximate surface area is 345 Å². The Morgan fingerprint density at radius 1 is 0.547 bits per heavy atom. The molecule has 0 heterocycles. The van der Waals surface area contributed by atoms with Crippen LogP contribution in [0.3, 0.4) is 0 Å². The van der Waals surface area contributed by atoms with E-state index >= 15 is 0 Å². The summed E-state index contributed by atoms with van der Waals surface area (Å²) in [6, 6.07) is 21.1. The van der Waals surface area contributed by atoms with E-state index in [9.17, 15) is 36.2 Å². The summed E-state index contributed by atoms with van der Waals surface area (Å²) in [5.74, 6) is 1.41. The van der Waals surface area contributed by atoms with E-state index in [2.05, 4.69) is 13.8 Å². The zero-order valence-electron chi connectivity index (χ0n) is 30.7. The number of rotatable bonds is 20. The van der Waals surface area contributed by atoms with Gasteiger partial charge in [0.1, 0.15) is 43.8 Å². The molecule has 4 aromatic carbocycles. The molecule has 0 spiro atoms. The predicted molar refractivity (Wildman–Crippen MR) is 205 cm³/mol. The summed E-state index contributed by atoms with van der Waals surface area (Å²) in [6.07, 6.45) is 14.3. The van der Waals surface area contributed by atoms with Gasteiger partial charge in [-0.2, -0.15) is 8.42 Å². The SMILES string of the molecule is CCCCCCCCc1ccc(Oc2ccc(O)cc2)cc1S(=O)(=O)O.CCCCCCCCc1ccc(Oc2ccc([O-])cc2)cc1S(=O)(=O)[O-].[Ca+2]. The summed E-state index contributed by atoms with van der Waals surface area (Å²) < 4.78 is 79.1. The monoisotopic (exact) mass is 794 g/mol. The van der Waals surface area contributed by atoms with Crippen LogP contribution < -0.4 is 14.6 Å². The van der Waals surface area contributed by atoms with Crippen molar-refractivity contribution in [2.45, 2.75) is 114 Å². The molecule has 0 aliphatic heterocycles. The van der Waals surface area contributed by atoms with Crippen LogP contribution in [0.25, 0.3) is 0 Å². The van der Waals surface area contributed by atoms with Crippen LogP contribution in [0.15, 0.2) is 94.7 Å². The maximum atomic E-state index is 11.7. The molecule has 2 N–H and O–H groups in total. The number of aryl methyl sites for hydroxylation is 2. The van der Waals surface area contributed by atoms with Crippen molar-refractivity contribution in [1.82, 2.24) is 0 Å². The first-order valence-electron chi connectivity index (χ1n) is 17.9. The normalized spacial score (nSPS) is 11.2. The molecule has 0 saturated carbocycles. The number of phenols is 1. The fourth-order valence-corrected chi connectivity index (χ4v) is 7.09. The van der Waals surface area contributed by atoms with Gasteiger partial charge in [-0.15, -0.1) is 5.75 Å². The molecule has 53 heavy (non-hydrogen) atoms. The van der Waals surface area contributed by atoms with Crippen molar-refractivity contribution in [3.05, 3.63) is 96.1 Å². The van der Waals surface area contributed by atoms with Crippen molar-refractivity contribution < 1.29 is 45.6 Å². The van der Waals surface area contributed by atoms with Crippen LogP contribution in [0.2, 0.25) is 0 Å². The zero-order valence-corrected chi connectivity index (χ0v) is 34.5. The molecule has 4 aromatic rings. The quantitative estimate of drug-likeness (QED) is 0.0499. The van der Waals surface area contributed by atoms with Gasteiger partial charge >= 0.3 is 37.7 Å². The zero-order chi connectivity index (χ0) is 38.0. The summed E-state index contributed by atoms with van der Waals surface area (Å²) in [7, 11) is -8.91. The van der Waals surface area contributed by atoms with Crippen molar-refractivity contribution in [3.8, 4) is 34.5 Å². The van der Waals surface area contributed by atoms with Crippen LogP contribution in [0.5, 0.6) is 34.5 Å². The second-order valence-corrected chi connectivity index (χ2v) is 15.4. The number of aromatic hydroxyl groups is 1. The van der Waals surface area contributed by atoms with E-state index in [0.717, 1.165) is 38.5 Å². The van der Waals surface area contributed by atoms with Crippen LogP contribution in [0, 0.1) is 0 Å². The average molecular weight is 795 g/mol. The third kappa shape index (κ3) is 17.4. The minimum Gasteiger partial charge on any atom is -0.872 e. The Bertz CT molecular complexity index is 1740. The third-order valence-corrected chi connectivity index (χ3v) is 10.2. The van der Waals surface area contributed by atoms with E-state index in [0.29, 0.717) is 41.2 Å². The number of ether oxygens (including phenoxy) is 2. The molecule has 284 valence electrons. The Hall–Kier alpha value is -2.84. The Balaban J connectivity index is 0.000000360. The molecule has 0 aliphatic carbocycles. The molecule has 0 radical (unpaired) electrons. The first-order valence-corrected chi connectivity index (χ1v) is 20.8. The number of hydrogen-bond donors (Lipinski definition) is 2. The Kier molecular flexibility index (Phi) is 20.8. The van der Waals surface area contributed by atoms with Crippen LogP contribution in [0.1, 0.15) is 102 Å². The second kappa shape index (κ2) is 23.8. The van der Waals surface area contributed by atoms with Crippen molar-refractivity contribution in [1.29, 1.82) is 0 Å².